The average molecular weight is 413 g/mol. The molecular formula is C22H24N2O4S. The highest BCUT2D eigenvalue weighted by molar-refractivity contribution is 7.80. The molecule has 7 heteroatoms. The maximum Gasteiger partial charge on any atom is 0.317 e. The van der Waals surface area contributed by atoms with Gasteiger partial charge in [0, 0.05) is 16.8 Å². The van der Waals surface area contributed by atoms with Gasteiger partial charge in [0.25, 0.3) is 0 Å². The summed E-state index contributed by atoms with van der Waals surface area (Å²) < 4.78 is 11.5. The number of nitrogens with one attached hydrogen (secondary N) is 2. The molecule has 1 aromatic heterocycles. The molecule has 1 aliphatic heterocycles. The number of carbonyl (C=O) groups is 2. The lowest BCUT2D eigenvalue weighted by molar-refractivity contribution is -0.149. The average Bonchev–Trinajstić information content (AvgIpc) is 3.15. The first-order valence-electron chi connectivity index (χ1n) is 9.40. The van der Waals surface area contributed by atoms with Gasteiger partial charge in [-0.25, -0.2) is 0 Å². The lowest BCUT2D eigenvalue weighted by Gasteiger charge is -2.33. The van der Waals surface area contributed by atoms with Crippen molar-refractivity contribution in [3.8, 4) is 11.3 Å². The standard InChI is InChI=1S/C22H24N2O4S/c1-12(2)11-27-21(26)19-13(3)23-22(29)24-20(19)18-10-9-17(28-18)16-7-5-15(6-8-16)14(4)25/h5-10,12,19-20H,3,11H2,1-2,4H3,(H2,23,24,29)/t19-,20-/m0/s1. The van der Waals surface area contributed by atoms with Crippen molar-refractivity contribution >= 4 is 29.1 Å². The Morgan fingerprint density at radius 3 is 2.52 bits per heavy atom. The van der Waals surface area contributed by atoms with Crippen LogP contribution in [0, 0.1) is 11.8 Å². The molecule has 1 aromatic carbocycles. The zero-order valence-electron chi connectivity index (χ0n) is 16.7. The number of ether oxygens (including phenoxy) is 1. The Kier molecular flexibility index (Phi) is 6.17. The van der Waals surface area contributed by atoms with Crippen molar-refractivity contribution in [2.24, 2.45) is 11.8 Å². The Morgan fingerprint density at radius 1 is 1.21 bits per heavy atom. The number of furan rings is 1. The third-order valence-electron chi connectivity index (χ3n) is 4.59. The van der Waals surface area contributed by atoms with Crippen molar-refractivity contribution in [3.05, 3.63) is 60.0 Å². The topological polar surface area (TPSA) is 80.6 Å². The fourth-order valence-corrected chi connectivity index (χ4v) is 3.34. The van der Waals surface area contributed by atoms with Crippen molar-refractivity contribution in [1.82, 2.24) is 10.6 Å². The first-order chi connectivity index (χ1) is 13.8. The SMILES string of the molecule is C=C1NC(=S)N[C@@H](c2ccc(-c3ccc(C(C)=O)cc3)o2)[C@H]1C(=O)OCC(C)C. The molecule has 0 radical (unpaired) electrons. The van der Waals surface area contributed by atoms with Gasteiger partial charge < -0.3 is 19.8 Å². The molecule has 0 spiro atoms. The monoisotopic (exact) mass is 412 g/mol. The molecule has 0 saturated carbocycles. The molecule has 0 aliphatic carbocycles. The van der Waals surface area contributed by atoms with Crippen LogP contribution in [0.5, 0.6) is 0 Å². The number of rotatable bonds is 6. The molecule has 1 saturated heterocycles. The van der Waals surface area contributed by atoms with E-state index < -0.39 is 12.0 Å². The molecule has 2 aromatic rings. The molecule has 0 amide bonds. The predicted molar refractivity (Wildman–Crippen MR) is 114 cm³/mol. The van der Waals surface area contributed by atoms with Gasteiger partial charge in [0.05, 0.1) is 6.61 Å². The maximum atomic E-state index is 12.7. The van der Waals surface area contributed by atoms with E-state index >= 15 is 0 Å². The van der Waals surface area contributed by atoms with Gasteiger partial charge in [0.15, 0.2) is 10.9 Å². The van der Waals surface area contributed by atoms with E-state index in [1.165, 1.54) is 6.92 Å². The van der Waals surface area contributed by atoms with E-state index in [-0.39, 0.29) is 17.7 Å². The zero-order valence-corrected chi connectivity index (χ0v) is 17.5. The van der Waals surface area contributed by atoms with E-state index in [2.05, 4.69) is 17.2 Å². The van der Waals surface area contributed by atoms with Gasteiger partial charge in [-0.15, -0.1) is 0 Å². The molecule has 1 fully saturated rings. The van der Waals surface area contributed by atoms with Crippen LogP contribution in [-0.4, -0.2) is 23.5 Å². The number of benzene rings is 1. The normalized spacial score (nSPS) is 18.9. The minimum atomic E-state index is -0.681. The van der Waals surface area contributed by atoms with Crippen LogP contribution in [0.3, 0.4) is 0 Å². The highest BCUT2D eigenvalue weighted by Gasteiger charge is 2.39. The summed E-state index contributed by atoms with van der Waals surface area (Å²) in [5, 5.41) is 6.37. The van der Waals surface area contributed by atoms with Crippen molar-refractivity contribution in [1.29, 1.82) is 0 Å². The van der Waals surface area contributed by atoms with Gasteiger partial charge in [0.2, 0.25) is 0 Å². The van der Waals surface area contributed by atoms with Crippen LogP contribution in [0.4, 0.5) is 0 Å². The minimum Gasteiger partial charge on any atom is -0.465 e. The van der Waals surface area contributed by atoms with Crippen LogP contribution in [0.1, 0.15) is 42.9 Å². The van der Waals surface area contributed by atoms with Crippen LogP contribution in [0.15, 0.2) is 53.1 Å². The predicted octanol–water partition coefficient (Wildman–Crippen LogP) is 4.00. The van der Waals surface area contributed by atoms with Crippen LogP contribution in [0.25, 0.3) is 11.3 Å². The van der Waals surface area contributed by atoms with E-state index in [9.17, 15) is 9.59 Å². The van der Waals surface area contributed by atoms with Crippen molar-refractivity contribution < 1.29 is 18.7 Å². The lowest BCUT2D eigenvalue weighted by atomic mass is 9.93. The number of esters is 1. The summed E-state index contributed by atoms with van der Waals surface area (Å²) in [6.45, 7) is 9.75. The summed E-state index contributed by atoms with van der Waals surface area (Å²) in [7, 11) is 0. The summed E-state index contributed by atoms with van der Waals surface area (Å²) in [5.41, 5.74) is 1.93. The van der Waals surface area contributed by atoms with Crippen molar-refractivity contribution in [2.45, 2.75) is 26.8 Å². The zero-order chi connectivity index (χ0) is 21.1. The smallest absolute Gasteiger partial charge is 0.317 e. The molecule has 2 N–H and O–H groups in total. The number of hydrogen-bond donors (Lipinski definition) is 2. The summed E-state index contributed by atoms with van der Waals surface area (Å²) in [5.74, 6) is 0.336. The van der Waals surface area contributed by atoms with Crippen LogP contribution in [-0.2, 0) is 9.53 Å². The Hall–Kier alpha value is -2.93. The Bertz CT molecular complexity index is 946. The number of hydrogen-bond acceptors (Lipinski definition) is 5. The van der Waals surface area contributed by atoms with Gasteiger partial charge in [-0.1, -0.05) is 44.7 Å². The van der Waals surface area contributed by atoms with Gasteiger partial charge in [-0.05, 0) is 37.2 Å². The fourth-order valence-electron chi connectivity index (χ4n) is 3.08. The summed E-state index contributed by atoms with van der Waals surface area (Å²) in [6.07, 6.45) is 0. The van der Waals surface area contributed by atoms with Gasteiger partial charge in [-0.2, -0.15) is 0 Å². The first kappa shape index (κ1) is 20.8. The van der Waals surface area contributed by atoms with Gasteiger partial charge in [0.1, 0.15) is 23.5 Å². The number of thiocarbonyl (C=S) groups is 1. The van der Waals surface area contributed by atoms with Crippen molar-refractivity contribution in [2.75, 3.05) is 6.61 Å². The quantitative estimate of drug-likeness (QED) is 0.422. The summed E-state index contributed by atoms with van der Waals surface area (Å²) in [6, 6.07) is 10.3. The lowest BCUT2D eigenvalue weighted by Crippen LogP contribution is -2.51. The Balaban J connectivity index is 1.86. The molecule has 152 valence electrons. The third kappa shape index (κ3) is 4.74. The van der Waals surface area contributed by atoms with E-state index in [4.69, 9.17) is 21.4 Å². The molecule has 6 nitrogen and oxygen atoms in total. The number of carbonyl (C=O) groups excluding carboxylic acids is 2. The fraction of sp³-hybridized carbons (Fsp3) is 0.318. The second kappa shape index (κ2) is 8.61. The minimum absolute atomic E-state index is 0.00497. The summed E-state index contributed by atoms with van der Waals surface area (Å²) in [4.78, 5) is 24.2. The highest BCUT2D eigenvalue weighted by Crippen LogP contribution is 2.34. The van der Waals surface area contributed by atoms with Gasteiger partial charge in [-0.3, -0.25) is 9.59 Å². The van der Waals surface area contributed by atoms with Gasteiger partial charge >= 0.3 is 5.97 Å². The number of Topliss-reactive ketones (excluding diaryl/α,β-unsaturated/α-hetero) is 1. The van der Waals surface area contributed by atoms with Crippen LogP contribution < -0.4 is 10.6 Å². The third-order valence-corrected chi connectivity index (χ3v) is 4.81. The molecule has 0 bridgehead atoms. The molecule has 1 aliphatic rings. The maximum absolute atomic E-state index is 12.7. The second-order valence-electron chi connectivity index (χ2n) is 7.44. The van der Waals surface area contributed by atoms with E-state index in [0.29, 0.717) is 34.5 Å². The molecule has 0 unspecified atom stereocenters. The van der Waals surface area contributed by atoms with E-state index in [1.807, 2.05) is 32.0 Å². The largest absolute Gasteiger partial charge is 0.465 e. The van der Waals surface area contributed by atoms with E-state index in [1.54, 1.807) is 18.2 Å². The van der Waals surface area contributed by atoms with E-state index in [0.717, 1.165) is 5.56 Å². The molecule has 2 heterocycles. The Morgan fingerprint density at radius 2 is 1.90 bits per heavy atom. The van der Waals surface area contributed by atoms with Crippen molar-refractivity contribution in [3.63, 3.8) is 0 Å². The number of ketones is 1. The highest BCUT2D eigenvalue weighted by atomic mass is 32.1. The molecular weight excluding hydrogens is 388 g/mol. The molecule has 3 rings (SSSR count). The first-order valence-corrected chi connectivity index (χ1v) is 9.81. The summed E-state index contributed by atoms with van der Waals surface area (Å²) >= 11 is 5.24. The molecule has 29 heavy (non-hydrogen) atoms. The Labute approximate surface area is 175 Å². The second-order valence-corrected chi connectivity index (χ2v) is 7.85. The molecule has 2 atom stereocenters. The van der Waals surface area contributed by atoms with Crippen LogP contribution in [0.2, 0.25) is 0 Å². The van der Waals surface area contributed by atoms with Crippen LogP contribution >= 0.6 is 12.2 Å².